The summed E-state index contributed by atoms with van der Waals surface area (Å²) in [6, 6.07) is 13.4. The molecule has 1 aliphatic rings. The fourth-order valence-electron chi connectivity index (χ4n) is 4.00. The molecule has 2 aromatic heterocycles. The Morgan fingerprint density at radius 1 is 0.935 bits per heavy atom. The first kappa shape index (κ1) is 19.2. The van der Waals surface area contributed by atoms with Gasteiger partial charge in [-0.1, -0.05) is 17.3 Å². The largest absolute Gasteiger partial charge is 0.368 e. The quantitative estimate of drug-likeness (QED) is 0.554. The fraction of sp³-hybridized carbons (Fsp3) is 0.217. The van der Waals surface area contributed by atoms with Crippen molar-refractivity contribution in [3.63, 3.8) is 0 Å². The van der Waals surface area contributed by atoms with Crippen LogP contribution < -0.4 is 10.2 Å². The van der Waals surface area contributed by atoms with Crippen molar-refractivity contribution in [3.05, 3.63) is 72.8 Å². The number of carbonyl (C=O) groups is 1. The first-order valence-electron chi connectivity index (χ1n) is 10.3. The Morgan fingerprint density at radius 2 is 1.77 bits per heavy atom. The second-order valence-electron chi connectivity index (χ2n) is 7.66. The lowest BCUT2D eigenvalue weighted by atomic mass is 10.1. The number of nitrogens with zero attached hydrogens (tertiary/aromatic N) is 6. The normalized spacial score (nSPS) is 14.7. The highest BCUT2D eigenvalue weighted by Gasteiger charge is 2.19. The number of benzene rings is 2. The lowest BCUT2D eigenvalue weighted by Crippen LogP contribution is -2.44. The Labute approximate surface area is 180 Å². The fourth-order valence-corrected chi connectivity index (χ4v) is 4.00. The number of likely N-dealkylation sites (N-methyl/N-ethyl adjacent to an activating group) is 1. The number of rotatable bonds is 4. The molecule has 156 valence electrons. The van der Waals surface area contributed by atoms with E-state index in [4.69, 9.17) is 0 Å². The third kappa shape index (κ3) is 3.73. The van der Waals surface area contributed by atoms with Gasteiger partial charge in [0.05, 0.1) is 29.3 Å². The number of hydrogen-bond donors (Lipinski definition) is 1. The van der Waals surface area contributed by atoms with Gasteiger partial charge in [-0.15, -0.1) is 5.10 Å². The van der Waals surface area contributed by atoms with Crippen LogP contribution in [0, 0.1) is 0 Å². The lowest BCUT2D eigenvalue weighted by molar-refractivity contribution is 0.102. The summed E-state index contributed by atoms with van der Waals surface area (Å²) in [5, 5.41) is 13.0. The molecule has 0 atom stereocenters. The summed E-state index contributed by atoms with van der Waals surface area (Å²) in [6.07, 6.45) is 6.92. The molecule has 0 radical (unpaired) electrons. The van der Waals surface area contributed by atoms with E-state index in [0.717, 1.165) is 42.6 Å². The number of fused-ring (bicyclic) bond motifs is 1. The van der Waals surface area contributed by atoms with E-state index in [9.17, 15) is 4.79 Å². The van der Waals surface area contributed by atoms with Gasteiger partial charge in [-0.25, -0.2) is 4.68 Å². The molecule has 3 heterocycles. The van der Waals surface area contributed by atoms with Gasteiger partial charge >= 0.3 is 0 Å². The standard InChI is InChI=1S/C23H23N7O/c1-28-12-14-29(15-13-28)21-7-6-20(19-16-24-9-8-17(19)21)26-23(31)18-4-2-3-5-22(18)30-11-10-25-27-30/h2-11,16H,12-15H2,1H3,(H,26,31). The van der Waals surface area contributed by atoms with Crippen LogP contribution in [0.15, 0.2) is 67.3 Å². The van der Waals surface area contributed by atoms with Gasteiger partial charge in [-0.2, -0.15) is 0 Å². The van der Waals surface area contributed by atoms with Crippen LogP contribution in [0.2, 0.25) is 0 Å². The Bertz CT molecular complexity index is 1210. The molecule has 0 aliphatic carbocycles. The van der Waals surface area contributed by atoms with E-state index in [1.165, 1.54) is 5.69 Å². The molecule has 1 aliphatic heterocycles. The van der Waals surface area contributed by atoms with Gasteiger partial charge in [0.15, 0.2) is 0 Å². The van der Waals surface area contributed by atoms with E-state index >= 15 is 0 Å². The molecule has 0 bridgehead atoms. The van der Waals surface area contributed by atoms with Crippen LogP contribution in [0.1, 0.15) is 10.4 Å². The van der Waals surface area contributed by atoms with Crippen molar-refractivity contribution in [3.8, 4) is 5.69 Å². The number of hydrogen-bond acceptors (Lipinski definition) is 6. The summed E-state index contributed by atoms with van der Waals surface area (Å²) >= 11 is 0. The number of aromatic nitrogens is 4. The molecular formula is C23H23N7O. The third-order valence-electron chi connectivity index (χ3n) is 5.71. The van der Waals surface area contributed by atoms with Crippen LogP contribution in [-0.4, -0.2) is 64.0 Å². The predicted molar refractivity (Wildman–Crippen MR) is 121 cm³/mol. The molecule has 0 unspecified atom stereocenters. The summed E-state index contributed by atoms with van der Waals surface area (Å²) in [5.74, 6) is -0.205. The minimum atomic E-state index is -0.205. The van der Waals surface area contributed by atoms with Gasteiger partial charge in [0.25, 0.3) is 5.91 Å². The second-order valence-corrected chi connectivity index (χ2v) is 7.66. The molecule has 0 saturated carbocycles. The van der Waals surface area contributed by atoms with Crippen molar-refractivity contribution in [2.45, 2.75) is 0 Å². The SMILES string of the molecule is CN1CCN(c2ccc(NC(=O)c3ccccc3-n3ccnn3)c3cnccc23)CC1. The number of para-hydroxylation sites is 1. The van der Waals surface area contributed by atoms with Crippen LogP contribution in [0.5, 0.6) is 0 Å². The average molecular weight is 413 g/mol. The zero-order chi connectivity index (χ0) is 21.2. The number of carbonyl (C=O) groups excluding carboxylic acids is 1. The molecule has 1 saturated heterocycles. The van der Waals surface area contributed by atoms with Crippen LogP contribution in [0.25, 0.3) is 16.5 Å². The van der Waals surface area contributed by atoms with E-state index in [0.29, 0.717) is 11.3 Å². The highest BCUT2D eigenvalue weighted by atomic mass is 16.1. The summed E-state index contributed by atoms with van der Waals surface area (Å²) in [7, 11) is 2.15. The van der Waals surface area contributed by atoms with Gasteiger partial charge in [-0.3, -0.25) is 9.78 Å². The molecule has 4 aromatic rings. The van der Waals surface area contributed by atoms with Gasteiger partial charge < -0.3 is 15.1 Å². The van der Waals surface area contributed by atoms with Crippen molar-refractivity contribution < 1.29 is 4.79 Å². The number of pyridine rings is 1. The molecule has 2 aromatic carbocycles. The van der Waals surface area contributed by atoms with E-state index < -0.39 is 0 Å². The Hall–Kier alpha value is -3.78. The first-order chi connectivity index (χ1) is 15.2. The van der Waals surface area contributed by atoms with Crippen LogP contribution in [0.4, 0.5) is 11.4 Å². The number of piperazine rings is 1. The minimum Gasteiger partial charge on any atom is -0.368 e. The van der Waals surface area contributed by atoms with Gasteiger partial charge in [-0.05, 0) is 37.4 Å². The molecule has 31 heavy (non-hydrogen) atoms. The molecule has 1 fully saturated rings. The topological polar surface area (TPSA) is 79.2 Å². The zero-order valence-corrected chi connectivity index (χ0v) is 17.3. The van der Waals surface area contributed by atoms with Crippen molar-refractivity contribution in [1.29, 1.82) is 0 Å². The molecular weight excluding hydrogens is 390 g/mol. The van der Waals surface area contributed by atoms with Crippen molar-refractivity contribution in [2.24, 2.45) is 0 Å². The molecule has 0 spiro atoms. The monoisotopic (exact) mass is 413 g/mol. The Morgan fingerprint density at radius 3 is 2.58 bits per heavy atom. The van der Waals surface area contributed by atoms with E-state index in [1.54, 1.807) is 29.3 Å². The van der Waals surface area contributed by atoms with Gasteiger partial charge in [0, 0.05) is 55.0 Å². The summed E-state index contributed by atoms with van der Waals surface area (Å²) in [6.45, 7) is 4.02. The van der Waals surface area contributed by atoms with Crippen LogP contribution in [0.3, 0.4) is 0 Å². The highest BCUT2D eigenvalue weighted by Crippen LogP contribution is 2.32. The molecule has 8 heteroatoms. The van der Waals surface area contributed by atoms with E-state index in [-0.39, 0.29) is 5.91 Å². The highest BCUT2D eigenvalue weighted by molar-refractivity contribution is 6.12. The summed E-state index contributed by atoms with van der Waals surface area (Å²) < 4.78 is 1.59. The van der Waals surface area contributed by atoms with Crippen molar-refractivity contribution in [2.75, 3.05) is 43.4 Å². The Kier molecular flexibility index (Phi) is 5.05. The Balaban J connectivity index is 1.48. The first-order valence-corrected chi connectivity index (χ1v) is 10.3. The summed E-state index contributed by atoms with van der Waals surface area (Å²) in [5.41, 5.74) is 3.10. The van der Waals surface area contributed by atoms with Gasteiger partial charge in [0.1, 0.15) is 0 Å². The van der Waals surface area contributed by atoms with Crippen molar-refractivity contribution in [1.82, 2.24) is 24.9 Å². The van der Waals surface area contributed by atoms with Crippen LogP contribution in [-0.2, 0) is 0 Å². The van der Waals surface area contributed by atoms with E-state index in [1.807, 2.05) is 36.5 Å². The number of anilines is 2. The minimum absolute atomic E-state index is 0.205. The maximum Gasteiger partial charge on any atom is 0.257 e. The number of amides is 1. The van der Waals surface area contributed by atoms with E-state index in [2.05, 4.69) is 43.5 Å². The van der Waals surface area contributed by atoms with Crippen LogP contribution >= 0.6 is 0 Å². The maximum atomic E-state index is 13.2. The predicted octanol–water partition coefficient (Wildman–Crippen LogP) is 2.82. The molecule has 1 N–H and O–H groups in total. The number of nitrogens with one attached hydrogen (secondary N) is 1. The average Bonchev–Trinajstić information content (AvgIpc) is 3.35. The molecule has 1 amide bonds. The van der Waals surface area contributed by atoms with Crippen molar-refractivity contribution >= 4 is 28.1 Å². The zero-order valence-electron chi connectivity index (χ0n) is 17.3. The smallest absolute Gasteiger partial charge is 0.257 e. The summed E-state index contributed by atoms with van der Waals surface area (Å²) in [4.78, 5) is 22.2. The lowest BCUT2D eigenvalue weighted by Gasteiger charge is -2.34. The maximum absolute atomic E-state index is 13.2. The molecule has 5 rings (SSSR count). The van der Waals surface area contributed by atoms with Gasteiger partial charge in [0.2, 0.25) is 0 Å². The second kappa shape index (κ2) is 8.16. The third-order valence-corrected chi connectivity index (χ3v) is 5.71. The molecule has 8 nitrogen and oxygen atoms in total.